The topological polar surface area (TPSA) is 68.2 Å². The van der Waals surface area contributed by atoms with E-state index >= 15 is 0 Å². The summed E-state index contributed by atoms with van der Waals surface area (Å²) in [4.78, 5) is 14.1. The van der Waals surface area contributed by atoms with Gasteiger partial charge in [-0.1, -0.05) is 13.8 Å². The lowest BCUT2D eigenvalue weighted by atomic mass is 9.90. The summed E-state index contributed by atoms with van der Waals surface area (Å²) in [5, 5.41) is 15.3. The first-order chi connectivity index (χ1) is 8.48. The van der Waals surface area contributed by atoms with Gasteiger partial charge >= 0.3 is 0 Å². The Morgan fingerprint density at radius 2 is 2.22 bits per heavy atom. The molecule has 5 nitrogen and oxygen atoms in total. The Bertz CT molecular complexity index is 315. The second-order valence-electron chi connectivity index (χ2n) is 5.40. The molecule has 102 valence electrons. The van der Waals surface area contributed by atoms with Crippen molar-refractivity contribution in [2.24, 2.45) is 5.92 Å². The molecule has 1 amide bonds. The van der Waals surface area contributed by atoms with Crippen molar-refractivity contribution >= 4 is 5.91 Å². The van der Waals surface area contributed by atoms with E-state index in [2.05, 4.69) is 21.6 Å². The fourth-order valence-electron chi connectivity index (χ4n) is 1.89. The molecule has 1 fully saturated rings. The zero-order valence-corrected chi connectivity index (χ0v) is 11.6. The first-order valence-corrected chi connectivity index (χ1v) is 6.63. The van der Waals surface area contributed by atoms with E-state index in [1.165, 1.54) is 0 Å². The summed E-state index contributed by atoms with van der Waals surface area (Å²) in [7, 11) is 0. The van der Waals surface area contributed by atoms with Gasteiger partial charge in [-0.3, -0.25) is 9.69 Å². The summed E-state index contributed by atoms with van der Waals surface area (Å²) in [6.45, 7) is 9.81. The number of hydrogen-bond donors (Lipinski definition) is 2. The minimum Gasteiger partial charge on any atom is -0.337 e. The fourth-order valence-corrected chi connectivity index (χ4v) is 1.89. The summed E-state index contributed by atoms with van der Waals surface area (Å²) >= 11 is 0. The van der Waals surface area contributed by atoms with Crippen LogP contribution in [0.2, 0.25) is 0 Å². The van der Waals surface area contributed by atoms with Gasteiger partial charge < -0.3 is 10.6 Å². The predicted molar refractivity (Wildman–Crippen MR) is 70.9 cm³/mol. The van der Waals surface area contributed by atoms with E-state index in [9.17, 15) is 4.79 Å². The molecule has 18 heavy (non-hydrogen) atoms. The second kappa shape index (κ2) is 6.72. The lowest BCUT2D eigenvalue weighted by Crippen LogP contribution is -2.52. The molecular weight excluding hydrogens is 228 g/mol. The molecule has 1 unspecified atom stereocenters. The van der Waals surface area contributed by atoms with Crippen LogP contribution in [0.25, 0.3) is 0 Å². The molecule has 0 bridgehead atoms. The summed E-state index contributed by atoms with van der Waals surface area (Å²) < 4.78 is 0. The molecule has 1 rings (SSSR count). The minimum absolute atomic E-state index is 0.0605. The number of amides is 1. The third-order valence-electron chi connectivity index (χ3n) is 3.59. The maximum Gasteiger partial charge on any atom is 0.235 e. The van der Waals surface area contributed by atoms with Gasteiger partial charge in [-0.15, -0.1) is 0 Å². The Labute approximate surface area is 110 Å². The van der Waals surface area contributed by atoms with Crippen LogP contribution in [0.1, 0.15) is 27.2 Å². The molecule has 1 saturated heterocycles. The molecule has 1 aliphatic heterocycles. The normalized spacial score (nSPS) is 20.8. The number of nitrogens with one attached hydrogen (secondary N) is 2. The van der Waals surface area contributed by atoms with Crippen molar-refractivity contribution in [3.05, 3.63) is 0 Å². The fraction of sp³-hybridized carbons (Fsp3) is 0.846. The number of nitrogens with zero attached hydrogens (tertiary/aromatic N) is 2. The van der Waals surface area contributed by atoms with Gasteiger partial charge in [0, 0.05) is 13.1 Å². The SMILES string of the molecule is CC(C)C(C)(C#N)NC(=O)CN1CCCNCC1. The summed E-state index contributed by atoms with van der Waals surface area (Å²) in [6.07, 6.45) is 1.06. The van der Waals surface area contributed by atoms with E-state index in [1.807, 2.05) is 13.8 Å². The van der Waals surface area contributed by atoms with Gasteiger partial charge in [0.25, 0.3) is 0 Å². The van der Waals surface area contributed by atoms with E-state index < -0.39 is 5.54 Å². The standard InChI is InChI=1S/C13H24N4O/c1-11(2)13(3,10-14)16-12(18)9-17-7-4-5-15-6-8-17/h11,15H,4-9H2,1-3H3,(H,16,18). The molecule has 0 aromatic carbocycles. The van der Waals surface area contributed by atoms with Gasteiger partial charge in [-0.25, -0.2) is 0 Å². The zero-order chi connectivity index (χ0) is 13.6. The Balaban J connectivity index is 2.47. The molecular formula is C13H24N4O. The highest BCUT2D eigenvalue weighted by Gasteiger charge is 2.30. The zero-order valence-electron chi connectivity index (χ0n) is 11.6. The van der Waals surface area contributed by atoms with Crippen LogP contribution in [0.15, 0.2) is 0 Å². The number of rotatable bonds is 4. The largest absolute Gasteiger partial charge is 0.337 e. The van der Waals surface area contributed by atoms with E-state index in [1.54, 1.807) is 6.92 Å². The van der Waals surface area contributed by atoms with Crippen LogP contribution < -0.4 is 10.6 Å². The molecule has 0 saturated carbocycles. The quantitative estimate of drug-likeness (QED) is 0.757. The van der Waals surface area contributed by atoms with Gasteiger partial charge in [0.05, 0.1) is 12.6 Å². The van der Waals surface area contributed by atoms with E-state index in [4.69, 9.17) is 5.26 Å². The summed E-state index contributed by atoms with van der Waals surface area (Å²) in [5.41, 5.74) is -0.777. The third kappa shape index (κ3) is 4.28. The molecule has 0 aliphatic carbocycles. The van der Waals surface area contributed by atoms with Crippen LogP contribution in [0, 0.1) is 17.2 Å². The number of carbonyl (C=O) groups excluding carboxylic acids is 1. The molecule has 1 aliphatic rings. The molecule has 2 N–H and O–H groups in total. The molecule has 1 atom stereocenters. The van der Waals surface area contributed by atoms with Crippen molar-refractivity contribution < 1.29 is 4.79 Å². The molecule has 0 aromatic heterocycles. The first-order valence-electron chi connectivity index (χ1n) is 6.63. The first kappa shape index (κ1) is 14.9. The highest BCUT2D eigenvalue weighted by atomic mass is 16.2. The highest BCUT2D eigenvalue weighted by molar-refractivity contribution is 5.79. The molecule has 1 heterocycles. The molecule has 0 aromatic rings. The monoisotopic (exact) mass is 252 g/mol. The number of carbonyl (C=O) groups is 1. The van der Waals surface area contributed by atoms with E-state index in [-0.39, 0.29) is 11.8 Å². The van der Waals surface area contributed by atoms with Crippen LogP contribution in [0.4, 0.5) is 0 Å². The van der Waals surface area contributed by atoms with E-state index in [0.29, 0.717) is 6.54 Å². The van der Waals surface area contributed by atoms with Crippen LogP contribution >= 0.6 is 0 Å². The molecule has 0 radical (unpaired) electrons. The van der Waals surface area contributed by atoms with Crippen molar-refractivity contribution in [2.45, 2.75) is 32.7 Å². The lowest BCUT2D eigenvalue weighted by Gasteiger charge is -2.29. The number of nitriles is 1. The van der Waals surface area contributed by atoms with Gasteiger partial charge in [0.1, 0.15) is 5.54 Å². The Hall–Kier alpha value is -1.12. The Morgan fingerprint density at radius 1 is 1.50 bits per heavy atom. The van der Waals surface area contributed by atoms with Crippen molar-refractivity contribution in [1.29, 1.82) is 5.26 Å². The van der Waals surface area contributed by atoms with Crippen LogP contribution in [0.3, 0.4) is 0 Å². The van der Waals surface area contributed by atoms with E-state index in [0.717, 1.165) is 32.6 Å². The highest BCUT2D eigenvalue weighted by Crippen LogP contribution is 2.14. The maximum atomic E-state index is 12.0. The van der Waals surface area contributed by atoms with Crippen molar-refractivity contribution in [1.82, 2.24) is 15.5 Å². The average Bonchev–Trinajstić information content (AvgIpc) is 2.57. The molecule has 0 spiro atoms. The smallest absolute Gasteiger partial charge is 0.235 e. The average molecular weight is 252 g/mol. The van der Waals surface area contributed by atoms with Crippen molar-refractivity contribution in [2.75, 3.05) is 32.7 Å². The molecule has 5 heteroatoms. The van der Waals surface area contributed by atoms with Gasteiger partial charge in [0.15, 0.2) is 0 Å². The summed E-state index contributed by atoms with van der Waals surface area (Å²) in [5.74, 6) is 0.0342. The number of hydrogen-bond acceptors (Lipinski definition) is 4. The minimum atomic E-state index is -0.777. The maximum absolute atomic E-state index is 12.0. The second-order valence-corrected chi connectivity index (χ2v) is 5.40. The van der Waals surface area contributed by atoms with Crippen LogP contribution in [-0.4, -0.2) is 49.1 Å². The third-order valence-corrected chi connectivity index (χ3v) is 3.59. The van der Waals surface area contributed by atoms with Crippen molar-refractivity contribution in [3.63, 3.8) is 0 Å². The Morgan fingerprint density at radius 3 is 2.83 bits per heavy atom. The van der Waals surface area contributed by atoms with Crippen LogP contribution in [0.5, 0.6) is 0 Å². The Kier molecular flexibility index (Phi) is 5.57. The van der Waals surface area contributed by atoms with Gasteiger partial charge in [0.2, 0.25) is 5.91 Å². The predicted octanol–water partition coefficient (Wildman–Crippen LogP) is 0.336. The van der Waals surface area contributed by atoms with Gasteiger partial charge in [-0.2, -0.15) is 5.26 Å². The summed E-state index contributed by atoms with van der Waals surface area (Å²) in [6, 6.07) is 2.20. The van der Waals surface area contributed by atoms with Crippen molar-refractivity contribution in [3.8, 4) is 6.07 Å². The lowest BCUT2D eigenvalue weighted by molar-refractivity contribution is -0.123. The van der Waals surface area contributed by atoms with Gasteiger partial charge in [-0.05, 0) is 32.4 Å². The van der Waals surface area contributed by atoms with Crippen LogP contribution in [-0.2, 0) is 4.79 Å².